The van der Waals surface area contributed by atoms with Crippen LogP contribution in [-0.4, -0.2) is 22.5 Å². The summed E-state index contributed by atoms with van der Waals surface area (Å²) in [5, 5.41) is 0. The second kappa shape index (κ2) is 5.05. The van der Waals surface area contributed by atoms with Crippen LogP contribution in [0.4, 0.5) is 5.69 Å². The maximum atomic E-state index is 6.04. The number of hydrogen-bond donors (Lipinski definition) is 1. The van der Waals surface area contributed by atoms with E-state index in [4.69, 9.17) is 5.73 Å². The van der Waals surface area contributed by atoms with Gasteiger partial charge < -0.3 is 5.73 Å². The Morgan fingerprint density at radius 2 is 1.94 bits per heavy atom. The first-order chi connectivity index (χ1) is 7.79. The molecule has 0 amide bonds. The van der Waals surface area contributed by atoms with Crippen LogP contribution >= 0.6 is 0 Å². The highest BCUT2D eigenvalue weighted by Crippen LogP contribution is 2.23. The van der Waals surface area contributed by atoms with E-state index in [1.165, 1.54) is 0 Å². The van der Waals surface area contributed by atoms with E-state index in [1.807, 2.05) is 13.1 Å². The molecule has 1 aromatic heterocycles. The van der Waals surface area contributed by atoms with Gasteiger partial charge in [0.25, 0.3) is 0 Å². The normalized spacial score (nSPS) is 12.2. The SMILES string of the molecule is CCC(C)(C)N(C)Cc1ncc(C)c(N)c1C. The standard InChI is InChI=1S/C14H25N3/c1-7-14(4,5)17(6)9-12-11(3)13(15)10(2)8-16-12/h8H,7,9H2,1-6H3,(H2,15,16). The minimum atomic E-state index is 0.188. The summed E-state index contributed by atoms with van der Waals surface area (Å²) in [6, 6.07) is 0. The monoisotopic (exact) mass is 235 g/mol. The van der Waals surface area contributed by atoms with E-state index in [-0.39, 0.29) is 5.54 Å². The average Bonchev–Trinajstić information content (AvgIpc) is 2.29. The van der Waals surface area contributed by atoms with Gasteiger partial charge in [0.2, 0.25) is 0 Å². The van der Waals surface area contributed by atoms with Gasteiger partial charge in [0.1, 0.15) is 0 Å². The molecule has 0 atom stereocenters. The first-order valence-electron chi connectivity index (χ1n) is 6.21. The summed E-state index contributed by atoms with van der Waals surface area (Å²) in [5.41, 5.74) is 10.4. The Morgan fingerprint density at radius 1 is 1.35 bits per heavy atom. The summed E-state index contributed by atoms with van der Waals surface area (Å²) >= 11 is 0. The van der Waals surface area contributed by atoms with Gasteiger partial charge in [-0.15, -0.1) is 0 Å². The van der Waals surface area contributed by atoms with Crippen molar-refractivity contribution in [3.8, 4) is 0 Å². The highest BCUT2D eigenvalue weighted by Gasteiger charge is 2.22. The van der Waals surface area contributed by atoms with Crippen molar-refractivity contribution in [2.75, 3.05) is 12.8 Å². The average molecular weight is 235 g/mol. The number of aryl methyl sites for hydroxylation is 1. The molecule has 17 heavy (non-hydrogen) atoms. The fourth-order valence-corrected chi connectivity index (χ4v) is 1.66. The second-order valence-corrected chi connectivity index (χ2v) is 5.45. The van der Waals surface area contributed by atoms with Gasteiger partial charge in [-0.05, 0) is 52.3 Å². The van der Waals surface area contributed by atoms with Gasteiger partial charge in [-0.3, -0.25) is 9.88 Å². The van der Waals surface area contributed by atoms with E-state index in [0.29, 0.717) is 0 Å². The molecule has 1 aromatic rings. The number of nitrogens with two attached hydrogens (primary N) is 1. The number of nitrogen functional groups attached to an aromatic ring is 1. The minimum absolute atomic E-state index is 0.188. The summed E-state index contributed by atoms with van der Waals surface area (Å²) in [4.78, 5) is 6.84. The van der Waals surface area contributed by atoms with Crippen molar-refractivity contribution in [3.63, 3.8) is 0 Å². The highest BCUT2D eigenvalue weighted by atomic mass is 15.2. The van der Waals surface area contributed by atoms with E-state index >= 15 is 0 Å². The van der Waals surface area contributed by atoms with Crippen molar-refractivity contribution in [1.29, 1.82) is 0 Å². The molecule has 0 unspecified atom stereocenters. The maximum Gasteiger partial charge on any atom is 0.0593 e. The van der Waals surface area contributed by atoms with Gasteiger partial charge in [0.05, 0.1) is 5.69 Å². The topological polar surface area (TPSA) is 42.2 Å². The zero-order valence-electron chi connectivity index (χ0n) is 12.0. The molecule has 96 valence electrons. The lowest BCUT2D eigenvalue weighted by Crippen LogP contribution is -2.40. The zero-order valence-corrected chi connectivity index (χ0v) is 12.0. The summed E-state index contributed by atoms with van der Waals surface area (Å²) in [7, 11) is 2.14. The van der Waals surface area contributed by atoms with Crippen molar-refractivity contribution in [3.05, 3.63) is 23.0 Å². The van der Waals surface area contributed by atoms with Crippen LogP contribution in [0.15, 0.2) is 6.20 Å². The van der Waals surface area contributed by atoms with E-state index in [1.54, 1.807) is 0 Å². The van der Waals surface area contributed by atoms with E-state index in [9.17, 15) is 0 Å². The van der Waals surface area contributed by atoms with Crippen molar-refractivity contribution < 1.29 is 0 Å². The maximum absolute atomic E-state index is 6.04. The predicted molar refractivity (Wildman–Crippen MR) is 74.0 cm³/mol. The molecular formula is C14H25N3. The van der Waals surface area contributed by atoms with Gasteiger partial charge in [0, 0.05) is 24.0 Å². The van der Waals surface area contributed by atoms with Crippen LogP contribution in [0, 0.1) is 13.8 Å². The second-order valence-electron chi connectivity index (χ2n) is 5.45. The fourth-order valence-electron chi connectivity index (χ4n) is 1.66. The zero-order chi connectivity index (χ0) is 13.2. The third-order valence-corrected chi connectivity index (χ3v) is 3.96. The molecule has 2 N–H and O–H groups in total. The molecule has 1 heterocycles. The molecule has 0 bridgehead atoms. The van der Waals surface area contributed by atoms with Gasteiger partial charge in [-0.1, -0.05) is 6.92 Å². The van der Waals surface area contributed by atoms with Crippen LogP contribution in [0.5, 0.6) is 0 Å². The van der Waals surface area contributed by atoms with Crippen molar-refractivity contribution in [2.24, 2.45) is 0 Å². The van der Waals surface area contributed by atoms with E-state index < -0.39 is 0 Å². The Labute approximate surface area is 105 Å². The Morgan fingerprint density at radius 3 is 2.47 bits per heavy atom. The van der Waals surface area contributed by atoms with Crippen LogP contribution in [0.3, 0.4) is 0 Å². The smallest absolute Gasteiger partial charge is 0.0593 e. The summed E-state index contributed by atoms with van der Waals surface area (Å²) < 4.78 is 0. The lowest BCUT2D eigenvalue weighted by molar-refractivity contribution is 0.141. The van der Waals surface area contributed by atoms with Gasteiger partial charge in [-0.25, -0.2) is 0 Å². The molecule has 1 rings (SSSR count). The Hall–Kier alpha value is -1.09. The number of hydrogen-bond acceptors (Lipinski definition) is 3. The van der Waals surface area contributed by atoms with Crippen molar-refractivity contribution in [2.45, 2.75) is 53.1 Å². The number of nitrogens with zero attached hydrogens (tertiary/aromatic N) is 2. The van der Waals surface area contributed by atoms with E-state index in [2.05, 4.69) is 44.6 Å². The predicted octanol–water partition coefficient (Wildman–Crippen LogP) is 2.90. The van der Waals surface area contributed by atoms with Gasteiger partial charge in [-0.2, -0.15) is 0 Å². The number of anilines is 1. The lowest BCUT2D eigenvalue weighted by Gasteiger charge is -2.35. The summed E-state index contributed by atoms with van der Waals surface area (Å²) in [5.74, 6) is 0. The molecule has 0 aromatic carbocycles. The van der Waals surface area contributed by atoms with Gasteiger partial charge in [0.15, 0.2) is 0 Å². The largest absolute Gasteiger partial charge is 0.398 e. The third kappa shape index (κ3) is 2.97. The summed E-state index contributed by atoms with van der Waals surface area (Å²) in [6.07, 6.45) is 2.98. The Bertz CT molecular complexity index is 397. The molecule has 3 heteroatoms. The molecule has 0 radical (unpaired) electrons. The molecule has 0 aliphatic rings. The van der Waals surface area contributed by atoms with Crippen LogP contribution in [0.1, 0.15) is 44.0 Å². The Balaban J connectivity index is 2.93. The number of aromatic nitrogens is 1. The molecule has 0 aliphatic carbocycles. The molecule has 3 nitrogen and oxygen atoms in total. The lowest BCUT2D eigenvalue weighted by atomic mass is 9.99. The number of rotatable bonds is 4. The van der Waals surface area contributed by atoms with Crippen LogP contribution in [-0.2, 0) is 6.54 Å². The fraction of sp³-hybridized carbons (Fsp3) is 0.643. The minimum Gasteiger partial charge on any atom is -0.398 e. The van der Waals surface area contributed by atoms with Crippen LogP contribution < -0.4 is 5.73 Å². The molecule has 0 saturated heterocycles. The van der Waals surface area contributed by atoms with Crippen LogP contribution in [0.2, 0.25) is 0 Å². The third-order valence-electron chi connectivity index (χ3n) is 3.96. The molecular weight excluding hydrogens is 210 g/mol. The van der Waals surface area contributed by atoms with Gasteiger partial charge >= 0.3 is 0 Å². The Kier molecular flexibility index (Phi) is 4.15. The molecule has 0 spiro atoms. The highest BCUT2D eigenvalue weighted by molar-refractivity contribution is 5.53. The first-order valence-corrected chi connectivity index (χ1v) is 6.21. The van der Waals surface area contributed by atoms with Crippen LogP contribution in [0.25, 0.3) is 0 Å². The summed E-state index contributed by atoms with van der Waals surface area (Å²) in [6.45, 7) is 11.6. The quantitative estimate of drug-likeness (QED) is 0.872. The molecule has 0 saturated carbocycles. The molecule has 0 aliphatic heterocycles. The molecule has 0 fully saturated rings. The first kappa shape index (κ1) is 14.0. The van der Waals surface area contributed by atoms with Crippen molar-refractivity contribution in [1.82, 2.24) is 9.88 Å². The van der Waals surface area contributed by atoms with E-state index in [0.717, 1.165) is 35.5 Å². The number of pyridine rings is 1. The van der Waals surface area contributed by atoms with Crippen molar-refractivity contribution >= 4 is 5.69 Å².